The number of nitrogen functional groups attached to an aromatic ring is 1. The fraction of sp³-hybridized carbons (Fsp3) is 0.611. The number of nitrogens with zero attached hydrogens (tertiary/aromatic N) is 1. The van der Waals surface area contributed by atoms with Gasteiger partial charge in [-0.15, -0.1) is 0 Å². The van der Waals surface area contributed by atoms with Gasteiger partial charge >= 0.3 is 5.97 Å². The zero-order valence-electron chi connectivity index (χ0n) is 13.5. The summed E-state index contributed by atoms with van der Waals surface area (Å²) in [6.07, 6.45) is 9.06. The Labute approximate surface area is 137 Å². The van der Waals surface area contributed by atoms with Crippen LogP contribution in [0.4, 0.5) is 11.4 Å². The summed E-state index contributed by atoms with van der Waals surface area (Å²) in [7, 11) is 0. The number of carboxylic acid groups (broad SMARTS) is 1. The van der Waals surface area contributed by atoms with Gasteiger partial charge in [0.05, 0.1) is 11.4 Å². The monoisotopic (exact) mass is 318 g/mol. The number of benzene rings is 1. The van der Waals surface area contributed by atoms with Crippen molar-refractivity contribution in [2.75, 3.05) is 23.8 Å². The highest BCUT2D eigenvalue weighted by Crippen LogP contribution is 2.38. The first-order valence-electron chi connectivity index (χ1n) is 8.64. The van der Waals surface area contributed by atoms with Crippen LogP contribution in [0.2, 0.25) is 0 Å². The van der Waals surface area contributed by atoms with Gasteiger partial charge in [-0.25, -0.2) is 4.79 Å². The van der Waals surface area contributed by atoms with E-state index in [-0.39, 0.29) is 6.61 Å². The van der Waals surface area contributed by atoms with E-state index in [1.54, 1.807) is 6.07 Å². The average molecular weight is 318 g/mol. The lowest BCUT2D eigenvalue weighted by Gasteiger charge is -2.37. The molecule has 1 aromatic rings. The molecule has 3 rings (SSSR count). The summed E-state index contributed by atoms with van der Waals surface area (Å²) in [5.74, 6) is 0.341. The van der Waals surface area contributed by atoms with Gasteiger partial charge in [0.25, 0.3) is 0 Å². The molecule has 3 N–H and O–H groups in total. The molecule has 0 aromatic heterocycles. The molecule has 0 spiro atoms. The molecule has 126 valence electrons. The summed E-state index contributed by atoms with van der Waals surface area (Å²) in [6, 6.07) is 6.15. The van der Waals surface area contributed by atoms with Gasteiger partial charge in [-0.05, 0) is 43.7 Å². The Hall–Kier alpha value is -1.91. The first-order valence-corrected chi connectivity index (χ1v) is 8.64. The Morgan fingerprint density at radius 3 is 2.57 bits per heavy atom. The standard InChI is InChI=1S/C18H26N2O3/c19-16-10-15(23-12-18(21)22)8-9-17(16)20(11-13-6-7-13)14-4-2-1-3-5-14/h8-10,13-14H,1-7,11-12,19H2,(H,21,22). The average Bonchev–Trinajstić information content (AvgIpc) is 3.36. The third-order valence-corrected chi connectivity index (χ3v) is 4.84. The Kier molecular flexibility index (Phi) is 4.94. The van der Waals surface area contributed by atoms with Crippen molar-refractivity contribution in [3.63, 3.8) is 0 Å². The lowest BCUT2D eigenvalue weighted by molar-refractivity contribution is -0.139. The molecule has 0 radical (unpaired) electrons. The summed E-state index contributed by atoms with van der Waals surface area (Å²) in [5, 5.41) is 8.70. The van der Waals surface area contributed by atoms with Crippen LogP contribution >= 0.6 is 0 Å². The van der Waals surface area contributed by atoms with Crippen LogP contribution in [0.1, 0.15) is 44.9 Å². The summed E-state index contributed by atoms with van der Waals surface area (Å²) in [6.45, 7) is 0.747. The Morgan fingerprint density at radius 1 is 1.22 bits per heavy atom. The van der Waals surface area contributed by atoms with Crippen LogP contribution in [0.25, 0.3) is 0 Å². The van der Waals surface area contributed by atoms with Crippen molar-refractivity contribution in [2.24, 2.45) is 5.92 Å². The summed E-state index contributed by atoms with van der Waals surface area (Å²) >= 11 is 0. The highest BCUT2D eigenvalue weighted by atomic mass is 16.5. The van der Waals surface area contributed by atoms with Gasteiger partial charge < -0.3 is 20.5 Å². The molecule has 2 fully saturated rings. The molecule has 23 heavy (non-hydrogen) atoms. The highest BCUT2D eigenvalue weighted by molar-refractivity contribution is 5.71. The van der Waals surface area contributed by atoms with Gasteiger partial charge in [-0.3, -0.25) is 0 Å². The molecule has 0 aliphatic heterocycles. The van der Waals surface area contributed by atoms with Gasteiger partial charge in [0.15, 0.2) is 6.61 Å². The Balaban J connectivity index is 1.75. The molecule has 0 bridgehead atoms. The number of carbonyl (C=O) groups is 1. The second-order valence-corrected chi connectivity index (χ2v) is 6.79. The molecule has 0 heterocycles. The molecule has 0 amide bonds. The van der Waals surface area contributed by atoms with Gasteiger partial charge in [0.2, 0.25) is 0 Å². The van der Waals surface area contributed by atoms with E-state index in [1.807, 2.05) is 12.1 Å². The maximum Gasteiger partial charge on any atom is 0.341 e. The molecular formula is C18H26N2O3. The maximum atomic E-state index is 10.6. The normalized spacial score (nSPS) is 18.6. The van der Waals surface area contributed by atoms with Crippen molar-refractivity contribution in [3.8, 4) is 5.75 Å². The first-order chi connectivity index (χ1) is 11.1. The van der Waals surface area contributed by atoms with Crippen LogP contribution in [0.15, 0.2) is 18.2 Å². The van der Waals surface area contributed by atoms with E-state index >= 15 is 0 Å². The van der Waals surface area contributed by atoms with Gasteiger partial charge in [-0.1, -0.05) is 19.3 Å². The molecule has 2 aliphatic rings. The summed E-state index contributed by atoms with van der Waals surface area (Å²) in [4.78, 5) is 13.1. The lowest BCUT2D eigenvalue weighted by Crippen LogP contribution is -2.38. The van der Waals surface area contributed by atoms with E-state index in [4.69, 9.17) is 15.6 Å². The fourth-order valence-corrected chi connectivity index (χ4v) is 3.44. The minimum atomic E-state index is -0.981. The van der Waals surface area contributed by atoms with E-state index in [1.165, 1.54) is 44.9 Å². The van der Waals surface area contributed by atoms with Crippen molar-refractivity contribution in [1.29, 1.82) is 0 Å². The number of anilines is 2. The quantitative estimate of drug-likeness (QED) is 0.755. The zero-order valence-corrected chi connectivity index (χ0v) is 13.5. The molecule has 2 aliphatic carbocycles. The molecular weight excluding hydrogens is 292 g/mol. The van der Waals surface area contributed by atoms with E-state index in [0.29, 0.717) is 17.5 Å². The van der Waals surface area contributed by atoms with Gasteiger partial charge in [-0.2, -0.15) is 0 Å². The predicted molar refractivity (Wildman–Crippen MR) is 90.9 cm³/mol. The van der Waals surface area contributed by atoms with Crippen LogP contribution in [-0.4, -0.2) is 30.3 Å². The number of carboxylic acids is 1. The number of hydrogen-bond donors (Lipinski definition) is 2. The van der Waals surface area contributed by atoms with Crippen molar-refractivity contribution in [1.82, 2.24) is 0 Å². The highest BCUT2D eigenvalue weighted by Gasteiger charge is 2.30. The molecule has 5 heteroatoms. The summed E-state index contributed by atoms with van der Waals surface area (Å²) in [5.41, 5.74) is 8.02. The third-order valence-electron chi connectivity index (χ3n) is 4.84. The SMILES string of the molecule is Nc1cc(OCC(=O)O)ccc1N(CC1CC1)C1CCCCC1. The van der Waals surface area contributed by atoms with E-state index in [2.05, 4.69) is 4.90 Å². The second-order valence-electron chi connectivity index (χ2n) is 6.79. The van der Waals surface area contributed by atoms with Crippen LogP contribution in [0.5, 0.6) is 5.75 Å². The smallest absolute Gasteiger partial charge is 0.341 e. The topological polar surface area (TPSA) is 75.8 Å². The predicted octanol–water partition coefficient (Wildman–Crippen LogP) is 3.28. The van der Waals surface area contributed by atoms with E-state index in [0.717, 1.165) is 18.2 Å². The van der Waals surface area contributed by atoms with Crippen molar-refractivity contribution in [3.05, 3.63) is 18.2 Å². The maximum absolute atomic E-state index is 10.6. The van der Waals surface area contributed by atoms with Crippen molar-refractivity contribution in [2.45, 2.75) is 51.0 Å². The van der Waals surface area contributed by atoms with Gasteiger partial charge in [0, 0.05) is 18.7 Å². The van der Waals surface area contributed by atoms with Crippen LogP contribution in [0.3, 0.4) is 0 Å². The molecule has 2 saturated carbocycles. The van der Waals surface area contributed by atoms with Gasteiger partial charge in [0.1, 0.15) is 5.75 Å². The van der Waals surface area contributed by atoms with Crippen LogP contribution in [0, 0.1) is 5.92 Å². The van der Waals surface area contributed by atoms with Crippen molar-refractivity contribution < 1.29 is 14.6 Å². The largest absolute Gasteiger partial charge is 0.482 e. The zero-order chi connectivity index (χ0) is 16.2. The second kappa shape index (κ2) is 7.11. The minimum absolute atomic E-state index is 0.340. The molecule has 5 nitrogen and oxygen atoms in total. The van der Waals surface area contributed by atoms with E-state index in [9.17, 15) is 4.79 Å². The molecule has 1 aromatic carbocycles. The number of aliphatic carboxylic acids is 1. The number of ether oxygens (including phenoxy) is 1. The first kappa shape index (κ1) is 16.0. The number of nitrogens with two attached hydrogens (primary N) is 1. The van der Waals surface area contributed by atoms with E-state index < -0.39 is 5.97 Å². The molecule has 0 saturated heterocycles. The lowest BCUT2D eigenvalue weighted by atomic mass is 9.93. The number of rotatable bonds is 7. The molecule has 0 unspecified atom stereocenters. The minimum Gasteiger partial charge on any atom is -0.482 e. The van der Waals surface area contributed by atoms with Crippen LogP contribution in [-0.2, 0) is 4.79 Å². The Bertz CT molecular complexity index is 551. The number of hydrogen-bond acceptors (Lipinski definition) is 4. The summed E-state index contributed by atoms with van der Waals surface area (Å²) < 4.78 is 5.22. The molecule has 0 atom stereocenters. The Morgan fingerprint density at radius 2 is 1.96 bits per heavy atom. The van der Waals surface area contributed by atoms with Crippen LogP contribution < -0.4 is 15.4 Å². The fourth-order valence-electron chi connectivity index (χ4n) is 3.44. The van der Waals surface area contributed by atoms with Crippen molar-refractivity contribution >= 4 is 17.3 Å². The third kappa shape index (κ3) is 4.30.